The van der Waals surface area contributed by atoms with Crippen LogP contribution >= 0.6 is 0 Å². The van der Waals surface area contributed by atoms with Crippen molar-refractivity contribution in [3.63, 3.8) is 0 Å². The fourth-order valence-corrected chi connectivity index (χ4v) is 2.02. The molecule has 1 aliphatic rings. The maximum atomic E-state index is 10.8. The predicted molar refractivity (Wildman–Crippen MR) is 57.2 cm³/mol. The molecule has 5 nitrogen and oxygen atoms in total. The Morgan fingerprint density at radius 2 is 2.31 bits per heavy atom. The number of carboxylic acid groups (broad SMARTS) is 1. The van der Waals surface area contributed by atoms with Crippen LogP contribution in [0.3, 0.4) is 0 Å². The van der Waals surface area contributed by atoms with Crippen molar-refractivity contribution in [1.29, 1.82) is 0 Å². The lowest BCUT2D eigenvalue weighted by Crippen LogP contribution is -2.00. The van der Waals surface area contributed by atoms with Crippen LogP contribution in [0.15, 0.2) is 12.5 Å². The highest BCUT2D eigenvalue weighted by Crippen LogP contribution is 2.42. The maximum Gasteiger partial charge on any atom is 0.307 e. The van der Waals surface area contributed by atoms with E-state index >= 15 is 0 Å². The molecule has 0 radical (unpaired) electrons. The van der Waals surface area contributed by atoms with Gasteiger partial charge in [-0.3, -0.25) is 4.79 Å². The van der Waals surface area contributed by atoms with Crippen LogP contribution in [0.2, 0.25) is 0 Å². The van der Waals surface area contributed by atoms with E-state index in [2.05, 4.69) is 15.0 Å². The Kier molecular flexibility index (Phi) is 1.92. The van der Waals surface area contributed by atoms with Crippen LogP contribution in [0, 0.1) is 0 Å². The van der Waals surface area contributed by atoms with Gasteiger partial charge in [-0.25, -0.2) is 9.97 Å². The largest absolute Gasteiger partial charge is 0.481 e. The molecule has 1 fully saturated rings. The van der Waals surface area contributed by atoms with Gasteiger partial charge < -0.3 is 10.1 Å². The van der Waals surface area contributed by atoms with Gasteiger partial charge in [0.15, 0.2) is 0 Å². The van der Waals surface area contributed by atoms with Crippen molar-refractivity contribution < 1.29 is 9.90 Å². The van der Waals surface area contributed by atoms with Crippen molar-refractivity contribution in [1.82, 2.24) is 15.0 Å². The second-order valence-corrected chi connectivity index (χ2v) is 4.14. The molecule has 2 heterocycles. The average Bonchev–Trinajstić information content (AvgIpc) is 3.01. The van der Waals surface area contributed by atoms with Gasteiger partial charge in [-0.2, -0.15) is 0 Å². The molecule has 1 saturated carbocycles. The highest BCUT2D eigenvalue weighted by molar-refractivity contribution is 5.86. The average molecular weight is 217 g/mol. The summed E-state index contributed by atoms with van der Waals surface area (Å²) in [6.07, 6.45) is 5.57. The number of rotatable bonds is 3. The van der Waals surface area contributed by atoms with Crippen molar-refractivity contribution in [2.24, 2.45) is 0 Å². The Morgan fingerprint density at radius 3 is 3.00 bits per heavy atom. The number of hydrogen-bond acceptors (Lipinski definition) is 3. The first-order chi connectivity index (χ1) is 7.75. The first kappa shape index (κ1) is 9.33. The van der Waals surface area contributed by atoms with Gasteiger partial charge in [-0.05, 0) is 18.4 Å². The van der Waals surface area contributed by atoms with Crippen molar-refractivity contribution in [3.8, 4) is 0 Å². The lowest BCUT2D eigenvalue weighted by atomic mass is 10.1. The zero-order chi connectivity index (χ0) is 11.1. The zero-order valence-corrected chi connectivity index (χ0v) is 8.60. The van der Waals surface area contributed by atoms with Crippen molar-refractivity contribution in [2.45, 2.75) is 25.2 Å². The molecule has 16 heavy (non-hydrogen) atoms. The number of aromatic amines is 1. The van der Waals surface area contributed by atoms with E-state index in [1.54, 1.807) is 6.20 Å². The minimum atomic E-state index is -0.827. The Hall–Kier alpha value is -1.91. The summed E-state index contributed by atoms with van der Waals surface area (Å²) in [5.41, 5.74) is 2.53. The van der Waals surface area contributed by atoms with Crippen LogP contribution in [-0.4, -0.2) is 26.0 Å². The van der Waals surface area contributed by atoms with Gasteiger partial charge in [0.2, 0.25) is 0 Å². The summed E-state index contributed by atoms with van der Waals surface area (Å²) < 4.78 is 0. The van der Waals surface area contributed by atoms with E-state index in [0.717, 1.165) is 35.1 Å². The van der Waals surface area contributed by atoms with Gasteiger partial charge >= 0.3 is 5.97 Å². The van der Waals surface area contributed by atoms with E-state index in [9.17, 15) is 4.79 Å². The fourth-order valence-electron chi connectivity index (χ4n) is 2.02. The molecule has 5 heteroatoms. The fraction of sp³-hybridized carbons (Fsp3) is 0.364. The highest BCUT2D eigenvalue weighted by atomic mass is 16.4. The SMILES string of the molecule is O=C(O)Cc1c[nH]c2ncnc(C3CC3)c12. The number of nitrogens with one attached hydrogen (secondary N) is 1. The molecule has 0 atom stereocenters. The smallest absolute Gasteiger partial charge is 0.307 e. The normalized spacial score (nSPS) is 15.5. The van der Waals surface area contributed by atoms with E-state index in [1.807, 2.05) is 0 Å². The molecule has 0 aliphatic heterocycles. The van der Waals surface area contributed by atoms with E-state index in [1.165, 1.54) is 6.33 Å². The van der Waals surface area contributed by atoms with Crippen LogP contribution in [-0.2, 0) is 11.2 Å². The lowest BCUT2D eigenvalue weighted by molar-refractivity contribution is -0.136. The van der Waals surface area contributed by atoms with E-state index in [4.69, 9.17) is 5.11 Å². The molecule has 3 rings (SSSR count). The van der Waals surface area contributed by atoms with Crippen molar-refractivity contribution in [3.05, 3.63) is 23.8 Å². The van der Waals surface area contributed by atoms with Crippen molar-refractivity contribution >= 4 is 17.0 Å². The molecular formula is C11H11N3O2. The molecule has 2 N–H and O–H groups in total. The molecule has 2 aromatic heterocycles. The molecule has 0 saturated heterocycles. The first-order valence-corrected chi connectivity index (χ1v) is 5.28. The number of aromatic nitrogens is 3. The number of hydrogen-bond donors (Lipinski definition) is 2. The maximum absolute atomic E-state index is 10.8. The quantitative estimate of drug-likeness (QED) is 0.815. The van der Waals surface area contributed by atoms with Crippen LogP contribution in [0.1, 0.15) is 30.0 Å². The van der Waals surface area contributed by atoms with Crippen LogP contribution in [0.5, 0.6) is 0 Å². The molecule has 0 bridgehead atoms. The number of fused-ring (bicyclic) bond motifs is 1. The number of aliphatic carboxylic acids is 1. The molecule has 0 unspecified atom stereocenters. The van der Waals surface area contributed by atoms with Crippen LogP contribution in [0.25, 0.3) is 11.0 Å². The molecule has 0 spiro atoms. The minimum absolute atomic E-state index is 0.0209. The zero-order valence-electron chi connectivity index (χ0n) is 8.60. The monoisotopic (exact) mass is 217 g/mol. The number of nitrogens with zero attached hydrogens (tertiary/aromatic N) is 2. The third-order valence-electron chi connectivity index (χ3n) is 2.89. The third-order valence-corrected chi connectivity index (χ3v) is 2.89. The Balaban J connectivity index is 2.17. The summed E-state index contributed by atoms with van der Waals surface area (Å²) in [6.45, 7) is 0. The van der Waals surface area contributed by atoms with Gasteiger partial charge in [0.1, 0.15) is 12.0 Å². The van der Waals surface area contributed by atoms with Gasteiger partial charge in [0.25, 0.3) is 0 Å². The van der Waals surface area contributed by atoms with E-state index in [0.29, 0.717) is 5.92 Å². The number of carboxylic acids is 1. The summed E-state index contributed by atoms with van der Waals surface area (Å²) in [4.78, 5) is 22.2. The van der Waals surface area contributed by atoms with E-state index < -0.39 is 5.97 Å². The molecular weight excluding hydrogens is 206 g/mol. The summed E-state index contributed by atoms with van der Waals surface area (Å²) in [6, 6.07) is 0. The standard InChI is InChI=1S/C11H11N3O2/c15-8(16)3-7-4-12-11-9(7)10(6-1-2-6)13-5-14-11/h4-6H,1-3H2,(H,15,16)(H,12,13,14). The number of carbonyl (C=O) groups is 1. The number of H-pyrrole nitrogens is 1. The minimum Gasteiger partial charge on any atom is -0.481 e. The molecule has 0 aromatic carbocycles. The van der Waals surface area contributed by atoms with Gasteiger partial charge in [-0.1, -0.05) is 0 Å². The van der Waals surface area contributed by atoms with Crippen molar-refractivity contribution in [2.75, 3.05) is 0 Å². The summed E-state index contributed by atoms with van der Waals surface area (Å²) in [5.74, 6) is -0.333. The Labute approximate surface area is 91.5 Å². The lowest BCUT2D eigenvalue weighted by Gasteiger charge is -2.01. The molecule has 1 aliphatic carbocycles. The topological polar surface area (TPSA) is 78.9 Å². The van der Waals surface area contributed by atoms with E-state index in [-0.39, 0.29) is 6.42 Å². The Bertz CT molecular complexity index is 557. The van der Waals surface area contributed by atoms with Crippen LogP contribution in [0.4, 0.5) is 0 Å². The van der Waals surface area contributed by atoms with Gasteiger partial charge in [0, 0.05) is 17.5 Å². The molecule has 2 aromatic rings. The van der Waals surface area contributed by atoms with Gasteiger partial charge in [0.05, 0.1) is 12.1 Å². The second-order valence-electron chi connectivity index (χ2n) is 4.14. The third kappa shape index (κ3) is 1.44. The Morgan fingerprint density at radius 1 is 1.50 bits per heavy atom. The second kappa shape index (κ2) is 3.30. The molecule has 82 valence electrons. The van der Waals surface area contributed by atoms with Crippen LogP contribution < -0.4 is 0 Å². The predicted octanol–water partition coefficient (Wildman–Crippen LogP) is 1.46. The summed E-state index contributed by atoms with van der Waals surface area (Å²) in [5, 5.41) is 9.74. The molecule has 0 amide bonds. The summed E-state index contributed by atoms with van der Waals surface area (Å²) >= 11 is 0. The first-order valence-electron chi connectivity index (χ1n) is 5.28. The summed E-state index contributed by atoms with van der Waals surface area (Å²) in [7, 11) is 0. The highest BCUT2D eigenvalue weighted by Gasteiger charge is 2.28. The van der Waals surface area contributed by atoms with Gasteiger partial charge in [-0.15, -0.1) is 0 Å².